The van der Waals surface area contributed by atoms with E-state index in [0.717, 1.165) is 88.4 Å². The monoisotopic (exact) mass is 680 g/mol. The summed E-state index contributed by atoms with van der Waals surface area (Å²) in [5.41, 5.74) is 14.6. The average Bonchev–Trinajstić information content (AvgIpc) is 3.60. The van der Waals surface area contributed by atoms with E-state index in [4.69, 9.17) is 0 Å². The third kappa shape index (κ3) is 4.67. The van der Waals surface area contributed by atoms with Gasteiger partial charge in [0.25, 0.3) is 0 Å². The number of benzene rings is 7. The van der Waals surface area contributed by atoms with Gasteiger partial charge in [-0.05, 0) is 113 Å². The van der Waals surface area contributed by atoms with E-state index in [1.165, 1.54) is 23.3 Å². The van der Waals surface area contributed by atoms with E-state index in [9.17, 15) is 0 Å². The van der Waals surface area contributed by atoms with Gasteiger partial charge in [0, 0.05) is 43.8 Å². The van der Waals surface area contributed by atoms with Gasteiger partial charge in [-0.3, -0.25) is 0 Å². The molecule has 0 aliphatic rings. The number of rotatable bonds is 4. The smallest absolute Gasteiger partial charge is 0.131 e. The molecule has 2 aromatic heterocycles. The van der Waals surface area contributed by atoms with E-state index in [2.05, 4.69) is 123 Å². The summed E-state index contributed by atoms with van der Waals surface area (Å²) in [6.45, 7) is 12.6. The minimum absolute atomic E-state index is 0.331. The Morgan fingerprint density at radius 3 is 1.00 bits per heavy atom. The summed E-state index contributed by atoms with van der Waals surface area (Å²) >= 11 is 0. The molecule has 4 heteroatoms. The molecule has 0 spiro atoms. The van der Waals surface area contributed by atoms with Crippen LogP contribution in [0.1, 0.15) is 33.4 Å². The second kappa shape index (κ2) is 11.8. The molecule has 0 saturated heterocycles. The summed E-state index contributed by atoms with van der Waals surface area (Å²) in [4.78, 5) is 0. The third-order valence-electron chi connectivity index (χ3n) is 10.8. The van der Waals surface area contributed by atoms with Crippen molar-refractivity contribution >= 4 is 43.6 Å². The van der Waals surface area contributed by atoms with Gasteiger partial charge < -0.3 is 9.13 Å². The summed E-state index contributed by atoms with van der Waals surface area (Å²) in [7, 11) is 0. The molecule has 254 valence electrons. The molecule has 0 saturated carbocycles. The number of aryl methyl sites for hydroxylation is 4. The van der Waals surface area contributed by atoms with Crippen molar-refractivity contribution in [3.63, 3.8) is 0 Å². The van der Waals surface area contributed by atoms with Crippen molar-refractivity contribution in [1.82, 2.24) is 9.13 Å². The lowest BCUT2D eigenvalue weighted by Gasteiger charge is -2.27. The van der Waals surface area contributed by atoms with Crippen molar-refractivity contribution in [3.8, 4) is 33.6 Å². The molecular weight excluding hydrogens is 643 g/mol. The van der Waals surface area contributed by atoms with Crippen molar-refractivity contribution in [2.75, 3.05) is 0 Å². The highest BCUT2D eigenvalue weighted by molar-refractivity contribution is 6.13. The zero-order valence-electron chi connectivity index (χ0n) is 30.2. The van der Waals surface area contributed by atoms with E-state index < -0.39 is 0 Å². The molecule has 52 heavy (non-hydrogen) atoms. The van der Waals surface area contributed by atoms with Gasteiger partial charge in [0.05, 0.1) is 33.4 Å². The molecule has 0 aliphatic heterocycles. The number of hydrogen-bond acceptors (Lipinski definition) is 0. The van der Waals surface area contributed by atoms with E-state index in [1.54, 1.807) is 12.1 Å². The molecule has 9 rings (SSSR count). The van der Waals surface area contributed by atoms with Gasteiger partial charge in [0.2, 0.25) is 0 Å². The second-order valence-electron chi connectivity index (χ2n) is 14.4. The van der Waals surface area contributed by atoms with E-state index in [1.807, 2.05) is 24.3 Å². The molecule has 0 N–H and O–H groups in total. The molecule has 9 aromatic rings. The summed E-state index contributed by atoms with van der Waals surface area (Å²) in [6.07, 6.45) is 0. The van der Waals surface area contributed by atoms with Crippen LogP contribution < -0.4 is 0 Å². The molecule has 0 unspecified atom stereocenters. The lowest BCUT2D eigenvalue weighted by molar-refractivity contribution is 0.630. The first kappa shape index (κ1) is 31.9. The number of halogens is 2. The average molecular weight is 681 g/mol. The third-order valence-corrected chi connectivity index (χ3v) is 10.8. The Hall–Kier alpha value is -6.00. The van der Waals surface area contributed by atoms with Crippen LogP contribution in [0.3, 0.4) is 0 Å². The molecule has 0 fully saturated rings. The highest BCUT2D eigenvalue weighted by atomic mass is 19.1. The summed E-state index contributed by atoms with van der Waals surface area (Å²) in [5, 5.41) is 4.50. The van der Waals surface area contributed by atoms with Crippen LogP contribution in [-0.2, 0) is 0 Å². The molecule has 0 amide bonds. The first-order valence-corrected chi connectivity index (χ1v) is 17.8. The van der Waals surface area contributed by atoms with E-state index in [-0.39, 0.29) is 11.6 Å². The first-order valence-electron chi connectivity index (χ1n) is 17.8. The van der Waals surface area contributed by atoms with Crippen molar-refractivity contribution in [2.45, 2.75) is 41.5 Å². The van der Waals surface area contributed by atoms with Crippen LogP contribution in [0.4, 0.5) is 8.78 Å². The maximum absolute atomic E-state index is 16.5. The van der Waals surface area contributed by atoms with Crippen molar-refractivity contribution in [1.29, 1.82) is 0 Å². The molecule has 2 heterocycles. The van der Waals surface area contributed by atoms with Gasteiger partial charge >= 0.3 is 0 Å². The number of hydrogen-bond donors (Lipinski definition) is 0. The van der Waals surface area contributed by atoms with Crippen LogP contribution in [0.5, 0.6) is 0 Å². The van der Waals surface area contributed by atoms with Crippen LogP contribution in [0, 0.1) is 53.2 Å². The normalized spacial score (nSPS) is 11.8. The minimum Gasteiger partial charge on any atom is -0.309 e. The van der Waals surface area contributed by atoms with Crippen LogP contribution in [-0.4, -0.2) is 9.13 Å². The lowest BCUT2D eigenvalue weighted by atomic mass is 9.86. The predicted molar refractivity (Wildman–Crippen MR) is 214 cm³/mol. The van der Waals surface area contributed by atoms with Gasteiger partial charge in [-0.2, -0.15) is 0 Å². The maximum atomic E-state index is 16.5. The Labute approximate surface area is 302 Å². The van der Waals surface area contributed by atoms with Gasteiger partial charge in [-0.1, -0.05) is 82.9 Å². The van der Waals surface area contributed by atoms with Gasteiger partial charge in [0.1, 0.15) is 11.6 Å². The van der Waals surface area contributed by atoms with Crippen LogP contribution >= 0.6 is 0 Å². The highest BCUT2D eigenvalue weighted by Gasteiger charge is 2.30. The van der Waals surface area contributed by atoms with E-state index >= 15 is 8.78 Å². The Bertz CT molecular complexity index is 2750. The number of fused-ring (bicyclic) bond motifs is 6. The Kier molecular flexibility index (Phi) is 7.24. The van der Waals surface area contributed by atoms with Crippen molar-refractivity contribution < 1.29 is 8.78 Å². The summed E-state index contributed by atoms with van der Waals surface area (Å²) in [6, 6.07) is 40.0. The standard InChI is InChI=1S/C48H38F2N2/c1-27-15-19-41-35(23-27)36-24-28(2)16-20-42(36)51(41)47-31(5)45(33-11-7-9-13-39(33)49)48(46(32(47)6)34-12-8-10-14-40(34)50)52-43-21-17-29(3)25-37(43)38-26-30(4)18-22-44(38)52/h7-26H,1-6H3. The fraction of sp³-hybridized carbons (Fsp3) is 0.125. The molecule has 0 atom stereocenters. The second-order valence-corrected chi connectivity index (χ2v) is 14.4. The first-order chi connectivity index (χ1) is 25.1. The Morgan fingerprint density at radius 2 is 0.673 bits per heavy atom. The molecule has 0 bridgehead atoms. The van der Waals surface area contributed by atoms with Gasteiger partial charge in [0.15, 0.2) is 0 Å². The lowest BCUT2D eigenvalue weighted by Crippen LogP contribution is -2.11. The Balaban J connectivity index is 1.57. The number of aromatic nitrogens is 2. The van der Waals surface area contributed by atoms with Gasteiger partial charge in [-0.15, -0.1) is 0 Å². The fourth-order valence-corrected chi connectivity index (χ4v) is 8.53. The van der Waals surface area contributed by atoms with Crippen LogP contribution in [0.15, 0.2) is 121 Å². The molecule has 2 nitrogen and oxygen atoms in total. The van der Waals surface area contributed by atoms with Crippen LogP contribution in [0.25, 0.3) is 77.2 Å². The van der Waals surface area contributed by atoms with Crippen molar-refractivity contribution in [3.05, 3.63) is 166 Å². The SMILES string of the molecule is Cc1ccc2c(c1)c1cc(C)ccc1n2-c1c(C)c(-c2ccccc2F)c(-n2c3ccc(C)cc3c3cc(C)ccc32)c(-c2ccccc2F)c1C. The zero-order chi connectivity index (χ0) is 36.0. The molecular formula is C48H38F2N2. The van der Waals surface area contributed by atoms with Crippen LogP contribution in [0.2, 0.25) is 0 Å². The summed E-state index contributed by atoms with van der Waals surface area (Å²) in [5.74, 6) is -0.663. The molecule has 7 aromatic carbocycles. The van der Waals surface area contributed by atoms with Gasteiger partial charge in [-0.25, -0.2) is 8.78 Å². The van der Waals surface area contributed by atoms with Crippen molar-refractivity contribution in [2.24, 2.45) is 0 Å². The Morgan fingerprint density at radius 1 is 0.365 bits per heavy atom. The predicted octanol–water partition coefficient (Wildman–Crippen LogP) is 13.3. The molecule has 0 aliphatic carbocycles. The number of nitrogens with zero attached hydrogens (tertiary/aromatic N) is 2. The maximum Gasteiger partial charge on any atom is 0.131 e. The van der Waals surface area contributed by atoms with E-state index in [0.29, 0.717) is 11.1 Å². The minimum atomic E-state index is -0.331. The topological polar surface area (TPSA) is 9.86 Å². The zero-order valence-corrected chi connectivity index (χ0v) is 30.2. The fourth-order valence-electron chi connectivity index (χ4n) is 8.53. The quantitative estimate of drug-likeness (QED) is 0.175. The molecule has 0 radical (unpaired) electrons. The summed E-state index contributed by atoms with van der Waals surface area (Å²) < 4.78 is 37.6. The highest BCUT2D eigenvalue weighted by Crippen LogP contribution is 2.49. The largest absolute Gasteiger partial charge is 0.309 e.